The predicted molar refractivity (Wildman–Crippen MR) is 76.2 cm³/mol. The van der Waals surface area contributed by atoms with Gasteiger partial charge in [0.05, 0.1) is 17.6 Å². The molecule has 1 amide bonds. The maximum absolute atomic E-state index is 12.1. The SMILES string of the molecule is NC1(C(=O)Nc2ccc3[nH]c(=O)c(=O)[nH]c3c2)CCOC1. The Kier molecular flexibility index (Phi) is 3.11. The highest BCUT2D eigenvalue weighted by Gasteiger charge is 2.38. The van der Waals surface area contributed by atoms with Gasteiger partial charge in [0.25, 0.3) is 0 Å². The number of fused-ring (bicyclic) bond motifs is 1. The molecule has 1 saturated heterocycles. The number of hydrogen-bond donors (Lipinski definition) is 4. The van der Waals surface area contributed by atoms with Gasteiger partial charge in [0.15, 0.2) is 0 Å². The average Bonchev–Trinajstić information content (AvgIpc) is 2.89. The van der Waals surface area contributed by atoms with Crippen LogP contribution in [0.1, 0.15) is 6.42 Å². The Labute approximate surface area is 118 Å². The number of rotatable bonds is 2. The number of aromatic nitrogens is 2. The van der Waals surface area contributed by atoms with Crippen LogP contribution < -0.4 is 22.2 Å². The second-order valence-corrected chi connectivity index (χ2v) is 5.08. The van der Waals surface area contributed by atoms with Crippen molar-refractivity contribution in [3.63, 3.8) is 0 Å². The lowest BCUT2D eigenvalue weighted by Gasteiger charge is -2.20. The number of aromatic amines is 2. The molecule has 1 atom stereocenters. The maximum Gasteiger partial charge on any atom is 0.314 e. The number of nitrogens with one attached hydrogen (secondary N) is 3. The number of ether oxygens (including phenoxy) is 1. The van der Waals surface area contributed by atoms with Gasteiger partial charge in [-0.1, -0.05) is 0 Å². The van der Waals surface area contributed by atoms with Crippen LogP contribution in [0, 0.1) is 0 Å². The number of H-pyrrole nitrogens is 2. The van der Waals surface area contributed by atoms with Crippen LogP contribution in [-0.2, 0) is 9.53 Å². The van der Waals surface area contributed by atoms with Crippen LogP contribution in [0.5, 0.6) is 0 Å². The summed E-state index contributed by atoms with van der Waals surface area (Å²) < 4.78 is 5.15. The van der Waals surface area contributed by atoms with Crippen LogP contribution in [0.25, 0.3) is 11.0 Å². The first-order valence-corrected chi connectivity index (χ1v) is 6.42. The fraction of sp³-hybridized carbons (Fsp3) is 0.308. The first-order valence-electron chi connectivity index (χ1n) is 6.42. The molecule has 0 spiro atoms. The molecular formula is C13H14N4O4. The molecule has 2 heterocycles. The first-order chi connectivity index (χ1) is 9.98. The summed E-state index contributed by atoms with van der Waals surface area (Å²) in [5.41, 5.74) is 4.84. The third-order valence-electron chi connectivity index (χ3n) is 3.48. The summed E-state index contributed by atoms with van der Waals surface area (Å²) >= 11 is 0. The first kappa shape index (κ1) is 13.5. The Hall–Kier alpha value is -2.45. The lowest BCUT2D eigenvalue weighted by Crippen LogP contribution is -2.51. The zero-order chi connectivity index (χ0) is 15.0. The second-order valence-electron chi connectivity index (χ2n) is 5.08. The third-order valence-corrected chi connectivity index (χ3v) is 3.48. The Bertz CT molecular complexity index is 817. The molecule has 1 aliphatic rings. The number of anilines is 1. The van der Waals surface area contributed by atoms with Crippen LogP contribution in [0.15, 0.2) is 27.8 Å². The number of benzene rings is 1. The van der Waals surface area contributed by atoms with Crippen molar-refractivity contribution >= 4 is 22.6 Å². The molecule has 0 bridgehead atoms. The van der Waals surface area contributed by atoms with Crippen molar-refractivity contribution in [2.75, 3.05) is 18.5 Å². The van der Waals surface area contributed by atoms with Gasteiger partial charge in [-0.05, 0) is 24.6 Å². The minimum absolute atomic E-state index is 0.177. The largest absolute Gasteiger partial charge is 0.379 e. The van der Waals surface area contributed by atoms with E-state index in [2.05, 4.69) is 15.3 Å². The molecule has 1 aromatic carbocycles. The predicted octanol–water partition coefficient (Wildman–Crippen LogP) is -0.727. The number of carbonyl (C=O) groups excluding carboxylic acids is 1. The van der Waals surface area contributed by atoms with E-state index in [9.17, 15) is 14.4 Å². The molecule has 110 valence electrons. The summed E-state index contributed by atoms with van der Waals surface area (Å²) in [6.07, 6.45) is 0.455. The van der Waals surface area contributed by atoms with Crippen LogP contribution in [-0.4, -0.2) is 34.6 Å². The van der Waals surface area contributed by atoms with E-state index in [1.807, 2.05) is 0 Å². The van der Waals surface area contributed by atoms with Gasteiger partial charge in [0.1, 0.15) is 5.54 Å². The Morgan fingerprint density at radius 1 is 1.24 bits per heavy atom. The molecule has 3 rings (SSSR count). The summed E-state index contributed by atoms with van der Waals surface area (Å²) in [6.45, 7) is 0.632. The molecule has 0 aliphatic carbocycles. The standard InChI is InChI=1S/C13H14N4O4/c14-13(3-4-21-6-13)12(20)15-7-1-2-8-9(5-7)17-11(19)10(18)16-8/h1-2,5H,3-4,6,14H2,(H,15,20)(H,16,18)(H,17,19). The van der Waals surface area contributed by atoms with Gasteiger partial charge in [-0.25, -0.2) is 0 Å². The van der Waals surface area contributed by atoms with Gasteiger partial charge in [-0.15, -0.1) is 0 Å². The zero-order valence-corrected chi connectivity index (χ0v) is 11.1. The van der Waals surface area contributed by atoms with E-state index >= 15 is 0 Å². The minimum Gasteiger partial charge on any atom is -0.379 e. The molecule has 1 fully saturated rings. The molecule has 8 nitrogen and oxygen atoms in total. The fourth-order valence-electron chi connectivity index (χ4n) is 2.21. The van der Waals surface area contributed by atoms with Crippen LogP contribution in [0.3, 0.4) is 0 Å². The highest BCUT2D eigenvalue weighted by molar-refractivity contribution is 5.99. The molecule has 0 radical (unpaired) electrons. The van der Waals surface area contributed by atoms with Gasteiger partial charge in [0.2, 0.25) is 5.91 Å². The van der Waals surface area contributed by atoms with E-state index in [1.165, 1.54) is 0 Å². The molecule has 21 heavy (non-hydrogen) atoms. The number of carbonyl (C=O) groups is 1. The van der Waals surface area contributed by atoms with Gasteiger partial charge in [-0.3, -0.25) is 14.4 Å². The average molecular weight is 290 g/mol. The number of hydrogen-bond acceptors (Lipinski definition) is 5. The fourth-order valence-corrected chi connectivity index (χ4v) is 2.21. The minimum atomic E-state index is -1.03. The molecule has 8 heteroatoms. The van der Waals surface area contributed by atoms with Gasteiger partial charge < -0.3 is 25.8 Å². The summed E-state index contributed by atoms with van der Waals surface area (Å²) in [5, 5.41) is 2.69. The van der Waals surface area contributed by atoms with E-state index in [4.69, 9.17) is 10.5 Å². The molecule has 1 aromatic heterocycles. The van der Waals surface area contributed by atoms with Crippen LogP contribution in [0.4, 0.5) is 5.69 Å². The van der Waals surface area contributed by atoms with E-state index in [-0.39, 0.29) is 12.5 Å². The van der Waals surface area contributed by atoms with Crippen molar-refractivity contribution in [3.8, 4) is 0 Å². The van der Waals surface area contributed by atoms with Crippen molar-refractivity contribution in [1.82, 2.24) is 9.97 Å². The lowest BCUT2D eigenvalue weighted by atomic mass is 9.99. The number of nitrogens with two attached hydrogens (primary N) is 1. The molecule has 2 aromatic rings. The summed E-state index contributed by atoms with van der Waals surface area (Å²) in [4.78, 5) is 39.6. The van der Waals surface area contributed by atoms with E-state index < -0.39 is 16.7 Å². The van der Waals surface area contributed by atoms with Gasteiger partial charge in [-0.2, -0.15) is 0 Å². The summed E-state index contributed by atoms with van der Waals surface area (Å²) in [7, 11) is 0. The molecule has 1 unspecified atom stereocenters. The van der Waals surface area contributed by atoms with Crippen molar-refractivity contribution in [2.45, 2.75) is 12.0 Å². The quantitative estimate of drug-likeness (QED) is 0.542. The Morgan fingerprint density at radius 2 is 1.95 bits per heavy atom. The second kappa shape index (κ2) is 4.83. The van der Waals surface area contributed by atoms with Crippen molar-refractivity contribution < 1.29 is 9.53 Å². The highest BCUT2D eigenvalue weighted by atomic mass is 16.5. The molecule has 0 saturated carbocycles. The third kappa shape index (κ3) is 2.46. The Balaban J connectivity index is 1.91. The van der Waals surface area contributed by atoms with E-state index in [0.29, 0.717) is 29.7 Å². The molecule has 1 aliphatic heterocycles. The van der Waals surface area contributed by atoms with Crippen molar-refractivity contribution in [3.05, 3.63) is 38.9 Å². The zero-order valence-electron chi connectivity index (χ0n) is 11.1. The summed E-state index contributed by atoms with van der Waals surface area (Å²) in [5.74, 6) is -0.342. The smallest absolute Gasteiger partial charge is 0.314 e. The molecular weight excluding hydrogens is 276 g/mol. The topological polar surface area (TPSA) is 130 Å². The number of amides is 1. The van der Waals surface area contributed by atoms with Gasteiger partial charge >= 0.3 is 11.1 Å². The summed E-state index contributed by atoms with van der Waals surface area (Å²) in [6, 6.07) is 4.77. The van der Waals surface area contributed by atoms with E-state index in [1.54, 1.807) is 18.2 Å². The molecule has 5 N–H and O–H groups in total. The van der Waals surface area contributed by atoms with Crippen molar-refractivity contribution in [2.24, 2.45) is 5.73 Å². The Morgan fingerprint density at radius 3 is 2.62 bits per heavy atom. The highest BCUT2D eigenvalue weighted by Crippen LogP contribution is 2.19. The van der Waals surface area contributed by atoms with Crippen LogP contribution in [0.2, 0.25) is 0 Å². The monoisotopic (exact) mass is 290 g/mol. The van der Waals surface area contributed by atoms with E-state index in [0.717, 1.165) is 0 Å². The van der Waals surface area contributed by atoms with Crippen LogP contribution >= 0.6 is 0 Å². The maximum atomic E-state index is 12.1. The van der Waals surface area contributed by atoms with Crippen molar-refractivity contribution in [1.29, 1.82) is 0 Å². The lowest BCUT2D eigenvalue weighted by molar-refractivity contribution is -0.121. The van der Waals surface area contributed by atoms with Gasteiger partial charge in [0, 0.05) is 12.3 Å². The normalized spacial score (nSPS) is 21.6.